The molecule has 21 heavy (non-hydrogen) atoms. The van der Waals surface area contributed by atoms with Gasteiger partial charge in [0.1, 0.15) is 11.8 Å². The quantitative estimate of drug-likeness (QED) is 0.778. The molecule has 114 valence electrons. The summed E-state index contributed by atoms with van der Waals surface area (Å²) in [6, 6.07) is 6.23. The minimum absolute atomic E-state index is 0.163. The molecule has 6 nitrogen and oxygen atoms in total. The second-order valence-electron chi connectivity index (χ2n) is 4.82. The van der Waals surface area contributed by atoms with E-state index >= 15 is 0 Å². The topological polar surface area (TPSA) is 65.1 Å². The fourth-order valence-corrected chi connectivity index (χ4v) is 2.47. The maximum atomic E-state index is 12.6. The molecule has 1 aromatic rings. The lowest BCUT2D eigenvalue weighted by Gasteiger charge is -2.22. The predicted molar refractivity (Wildman–Crippen MR) is 75.2 cm³/mol. The molecular weight excluding hydrogens is 274 g/mol. The highest BCUT2D eigenvalue weighted by Gasteiger charge is 2.40. The smallest absolute Gasteiger partial charge is 0.328 e. The van der Waals surface area contributed by atoms with E-state index in [0.717, 1.165) is 0 Å². The van der Waals surface area contributed by atoms with Gasteiger partial charge < -0.3 is 19.1 Å². The highest BCUT2D eigenvalue weighted by atomic mass is 16.5. The van der Waals surface area contributed by atoms with E-state index in [1.54, 1.807) is 31.4 Å². The van der Waals surface area contributed by atoms with Gasteiger partial charge in [-0.25, -0.2) is 4.79 Å². The largest absolute Gasteiger partial charge is 0.497 e. The van der Waals surface area contributed by atoms with Crippen LogP contribution in [-0.2, 0) is 14.3 Å². The third kappa shape index (κ3) is 3.16. The van der Waals surface area contributed by atoms with E-state index in [4.69, 9.17) is 14.2 Å². The molecule has 1 fully saturated rings. The number of esters is 1. The van der Waals surface area contributed by atoms with Crippen LogP contribution in [0.25, 0.3) is 0 Å². The van der Waals surface area contributed by atoms with Crippen LogP contribution >= 0.6 is 0 Å². The summed E-state index contributed by atoms with van der Waals surface area (Å²) in [4.78, 5) is 26.0. The molecule has 0 bridgehead atoms. The second kappa shape index (κ2) is 6.58. The van der Waals surface area contributed by atoms with Gasteiger partial charge in [-0.05, 0) is 18.2 Å². The molecule has 6 heteroatoms. The maximum Gasteiger partial charge on any atom is 0.328 e. The molecule has 1 aliphatic heterocycles. The van der Waals surface area contributed by atoms with Gasteiger partial charge in [0.25, 0.3) is 5.91 Å². The first-order valence-electron chi connectivity index (χ1n) is 6.66. The molecule has 0 N–H and O–H groups in total. The zero-order valence-electron chi connectivity index (χ0n) is 12.4. The lowest BCUT2D eigenvalue weighted by molar-refractivity contribution is -0.145. The normalized spacial score (nSPS) is 21.2. The van der Waals surface area contributed by atoms with Gasteiger partial charge in [-0.3, -0.25) is 4.79 Å². The van der Waals surface area contributed by atoms with Gasteiger partial charge >= 0.3 is 5.97 Å². The number of carbonyl (C=O) groups excluding carboxylic acids is 2. The molecule has 2 rings (SSSR count). The van der Waals surface area contributed by atoms with E-state index in [1.807, 2.05) is 0 Å². The fourth-order valence-electron chi connectivity index (χ4n) is 2.47. The zero-order chi connectivity index (χ0) is 15.4. The van der Waals surface area contributed by atoms with Crippen molar-refractivity contribution >= 4 is 11.9 Å². The summed E-state index contributed by atoms with van der Waals surface area (Å²) in [6.07, 6.45) is 0.280. The maximum absolute atomic E-state index is 12.6. The van der Waals surface area contributed by atoms with Crippen molar-refractivity contribution in [3.05, 3.63) is 29.8 Å². The number of hydrogen-bond acceptors (Lipinski definition) is 5. The van der Waals surface area contributed by atoms with Crippen molar-refractivity contribution in [3.8, 4) is 5.75 Å². The predicted octanol–water partition coefficient (Wildman–Crippen LogP) is 1.10. The van der Waals surface area contributed by atoms with Crippen molar-refractivity contribution in [1.29, 1.82) is 0 Å². The Morgan fingerprint density at radius 2 is 2.00 bits per heavy atom. The summed E-state index contributed by atoms with van der Waals surface area (Å²) < 4.78 is 15.2. The van der Waals surface area contributed by atoms with Crippen LogP contribution in [0.5, 0.6) is 5.75 Å². The molecule has 0 unspecified atom stereocenters. The van der Waals surface area contributed by atoms with Gasteiger partial charge in [-0.15, -0.1) is 0 Å². The highest BCUT2D eigenvalue weighted by molar-refractivity contribution is 5.97. The first-order valence-corrected chi connectivity index (χ1v) is 6.66. The van der Waals surface area contributed by atoms with Crippen molar-refractivity contribution in [2.45, 2.75) is 18.6 Å². The second-order valence-corrected chi connectivity index (χ2v) is 4.82. The minimum atomic E-state index is -0.612. The van der Waals surface area contributed by atoms with Crippen LogP contribution in [0.15, 0.2) is 24.3 Å². The van der Waals surface area contributed by atoms with Crippen molar-refractivity contribution < 1.29 is 23.8 Å². The first-order chi connectivity index (χ1) is 10.1. The Labute approximate surface area is 123 Å². The third-order valence-electron chi connectivity index (χ3n) is 3.65. The lowest BCUT2D eigenvalue weighted by atomic mass is 10.1. The molecule has 0 aliphatic carbocycles. The molecule has 0 spiro atoms. The number of amides is 1. The van der Waals surface area contributed by atoms with Gasteiger partial charge in [-0.1, -0.05) is 6.07 Å². The molecule has 1 heterocycles. The Morgan fingerprint density at radius 1 is 1.24 bits per heavy atom. The minimum Gasteiger partial charge on any atom is -0.497 e. The Morgan fingerprint density at radius 3 is 2.62 bits per heavy atom. The van der Waals surface area contributed by atoms with Crippen LogP contribution in [0.3, 0.4) is 0 Å². The van der Waals surface area contributed by atoms with Crippen LogP contribution < -0.4 is 4.74 Å². The SMILES string of the molecule is COC(=O)[C@@H]1C[C@H](OC)CN1C(=O)c1cccc(OC)c1. The van der Waals surface area contributed by atoms with E-state index < -0.39 is 12.0 Å². The number of carbonyl (C=O) groups is 2. The average Bonchev–Trinajstić information content (AvgIpc) is 2.97. The molecule has 1 aliphatic rings. The van der Waals surface area contributed by atoms with Gasteiger partial charge in [0.2, 0.25) is 0 Å². The van der Waals surface area contributed by atoms with Gasteiger partial charge in [0.15, 0.2) is 0 Å². The Kier molecular flexibility index (Phi) is 4.80. The van der Waals surface area contributed by atoms with E-state index in [-0.39, 0.29) is 12.0 Å². The molecule has 2 atom stereocenters. The lowest BCUT2D eigenvalue weighted by Crippen LogP contribution is -2.41. The van der Waals surface area contributed by atoms with E-state index in [0.29, 0.717) is 24.3 Å². The van der Waals surface area contributed by atoms with Gasteiger partial charge in [-0.2, -0.15) is 0 Å². The number of methoxy groups -OCH3 is 3. The van der Waals surface area contributed by atoms with Crippen molar-refractivity contribution in [1.82, 2.24) is 4.90 Å². The van der Waals surface area contributed by atoms with E-state index in [1.165, 1.54) is 19.1 Å². The van der Waals surface area contributed by atoms with Crippen molar-refractivity contribution in [3.63, 3.8) is 0 Å². The van der Waals surface area contributed by atoms with Crippen molar-refractivity contribution in [2.24, 2.45) is 0 Å². The van der Waals surface area contributed by atoms with Gasteiger partial charge in [0, 0.05) is 25.6 Å². The number of hydrogen-bond donors (Lipinski definition) is 0. The number of nitrogens with zero attached hydrogens (tertiary/aromatic N) is 1. The average molecular weight is 293 g/mol. The van der Waals surface area contributed by atoms with Crippen LogP contribution in [0.1, 0.15) is 16.8 Å². The summed E-state index contributed by atoms with van der Waals surface area (Å²) in [5, 5.41) is 0. The van der Waals surface area contributed by atoms with Crippen LogP contribution in [0.4, 0.5) is 0 Å². The molecule has 1 saturated heterocycles. The summed E-state index contributed by atoms with van der Waals surface area (Å²) in [6.45, 7) is 0.367. The van der Waals surface area contributed by atoms with Crippen LogP contribution in [0, 0.1) is 0 Å². The molecule has 0 radical (unpaired) electrons. The number of likely N-dealkylation sites (tertiary alicyclic amines) is 1. The highest BCUT2D eigenvalue weighted by Crippen LogP contribution is 2.24. The van der Waals surface area contributed by atoms with Crippen LogP contribution in [-0.4, -0.2) is 56.8 Å². The summed E-state index contributed by atoms with van der Waals surface area (Å²) >= 11 is 0. The monoisotopic (exact) mass is 293 g/mol. The molecular formula is C15H19NO5. The third-order valence-corrected chi connectivity index (χ3v) is 3.65. The first kappa shape index (κ1) is 15.3. The van der Waals surface area contributed by atoms with Crippen LogP contribution in [0.2, 0.25) is 0 Å². The van der Waals surface area contributed by atoms with Gasteiger partial charge in [0.05, 0.1) is 20.3 Å². The van der Waals surface area contributed by atoms with E-state index in [9.17, 15) is 9.59 Å². The summed E-state index contributed by atoms with van der Waals surface area (Å²) in [5.74, 6) is -0.0624. The van der Waals surface area contributed by atoms with Crippen molar-refractivity contribution in [2.75, 3.05) is 27.9 Å². The zero-order valence-corrected chi connectivity index (χ0v) is 12.4. The summed E-state index contributed by atoms with van der Waals surface area (Å²) in [5.41, 5.74) is 0.472. The summed E-state index contributed by atoms with van der Waals surface area (Å²) in [7, 11) is 4.42. The number of ether oxygens (including phenoxy) is 3. The number of benzene rings is 1. The fraction of sp³-hybridized carbons (Fsp3) is 0.467. The molecule has 0 aromatic heterocycles. The number of rotatable bonds is 4. The Balaban J connectivity index is 2.24. The molecule has 0 saturated carbocycles. The Hall–Kier alpha value is -2.08. The molecule has 1 aromatic carbocycles. The Bertz CT molecular complexity index is 531. The standard InChI is InChI=1S/C15H19NO5/c1-19-11-6-4-5-10(7-11)14(17)16-9-12(20-2)8-13(16)15(18)21-3/h4-7,12-13H,8-9H2,1-3H3/t12-,13-/m0/s1. The molecule has 1 amide bonds. The van der Waals surface area contributed by atoms with E-state index in [2.05, 4.69) is 0 Å².